The van der Waals surface area contributed by atoms with Crippen LogP contribution in [0.3, 0.4) is 0 Å². The number of amides is 1. The zero-order valence-electron chi connectivity index (χ0n) is 11.2. The summed E-state index contributed by atoms with van der Waals surface area (Å²) in [5.74, 6) is -0.542. The van der Waals surface area contributed by atoms with Gasteiger partial charge in [0.25, 0.3) is 0 Å². The van der Waals surface area contributed by atoms with Crippen LogP contribution in [0.1, 0.15) is 20.8 Å². The number of nitrogen functional groups attached to an aromatic ring is 1. The van der Waals surface area contributed by atoms with Crippen LogP contribution in [0.2, 0.25) is 0 Å². The summed E-state index contributed by atoms with van der Waals surface area (Å²) < 4.78 is 44.6. The van der Waals surface area contributed by atoms with E-state index < -0.39 is 23.7 Å². The lowest BCUT2D eigenvalue weighted by Gasteiger charge is -2.20. The molecule has 3 N–H and O–H groups in total. The Kier molecular flexibility index (Phi) is 4.36. The van der Waals surface area contributed by atoms with Crippen LogP contribution in [0, 0.1) is 0 Å². The third-order valence-corrected chi connectivity index (χ3v) is 1.89. The lowest BCUT2D eigenvalue weighted by Crippen LogP contribution is -2.42. The number of carbonyl (C=O) groups is 1. The van der Waals surface area contributed by atoms with E-state index in [-0.39, 0.29) is 11.4 Å². The summed E-state index contributed by atoms with van der Waals surface area (Å²) in [6.07, 6.45) is -5.56. The summed E-state index contributed by atoms with van der Waals surface area (Å²) in [5, 5.41) is 2.52. The molecule has 5 nitrogen and oxygen atoms in total. The molecule has 1 aromatic carbocycles. The van der Waals surface area contributed by atoms with Crippen molar-refractivity contribution in [2.24, 2.45) is 0 Å². The van der Waals surface area contributed by atoms with Gasteiger partial charge in [0, 0.05) is 11.6 Å². The van der Waals surface area contributed by atoms with Gasteiger partial charge < -0.3 is 20.5 Å². The molecule has 0 spiro atoms. The van der Waals surface area contributed by atoms with Gasteiger partial charge in [-0.15, -0.1) is 13.2 Å². The van der Waals surface area contributed by atoms with Crippen molar-refractivity contribution in [3.63, 3.8) is 0 Å². The minimum Gasteiger partial charge on any atom is -0.408 e. The van der Waals surface area contributed by atoms with Crippen molar-refractivity contribution >= 4 is 11.8 Å². The molecule has 8 heteroatoms. The first-order valence-electron chi connectivity index (χ1n) is 5.61. The molecule has 0 saturated heterocycles. The highest BCUT2D eigenvalue weighted by atomic mass is 19.4. The van der Waals surface area contributed by atoms with Crippen LogP contribution in [-0.4, -0.2) is 18.0 Å². The second kappa shape index (κ2) is 5.48. The van der Waals surface area contributed by atoms with Gasteiger partial charge in [-0.1, -0.05) is 0 Å². The van der Waals surface area contributed by atoms with E-state index in [0.29, 0.717) is 0 Å². The number of halogens is 3. The van der Waals surface area contributed by atoms with Gasteiger partial charge >= 0.3 is 12.5 Å². The van der Waals surface area contributed by atoms with Crippen LogP contribution in [0.5, 0.6) is 11.5 Å². The largest absolute Gasteiger partial charge is 0.573 e. The van der Waals surface area contributed by atoms with Gasteiger partial charge in [0.2, 0.25) is 0 Å². The minimum atomic E-state index is -4.81. The first kappa shape index (κ1) is 15.9. The molecule has 20 heavy (non-hydrogen) atoms. The first-order chi connectivity index (χ1) is 8.96. The molecular formula is C12H15F3N2O3. The smallest absolute Gasteiger partial charge is 0.408 e. The van der Waals surface area contributed by atoms with Gasteiger partial charge in [-0.05, 0) is 32.9 Å². The molecule has 0 aliphatic carbocycles. The zero-order chi connectivity index (χ0) is 15.6. The molecule has 0 saturated carbocycles. The Balaban J connectivity index is 2.76. The fourth-order valence-electron chi connectivity index (χ4n) is 1.25. The summed E-state index contributed by atoms with van der Waals surface area (Å²) in [7, 11) is 0. The van der Waals surface area contributed by atoms with E-state index in [1.165, 1.54) is 0 Å². The Labute approximate surface area is 113 Å². The topological polar surface area (TPSA) is 73.6 Å². The van der Waals surface area contributed by atoms with Crippen molar-refractivity contribution in [2.75, 3.05) is 5.73 Å². The molecule has 1 rings (SSSR count). The quantitative estimate of drug-likeness (QED) is 0.822. The maximum atomic E-state index is 12.0. The van der Waals surface area contributed by atoms with Crippen molar-refractivity contribution in [1.29, 1.82) is 0 Å². The van der Waals surface area contributed by atoms with Gasteiger partial charge in [0.15, 0.2) is 5.75 Å². The number of nitrogens with two attached hydrogens (primary N) is 1. The number of ether oxygens (including phenoxy) is 2. The number of nitrogens with one attached hydrogen (secondary N) is 1. The van der Waals surface area contributed by atoms with E-state index >= 15 is 0 Å². The summed E-state index contributed by atoms with van der Waals surface area (Å²) in [4.78, 5) is 11.5. The molecule has 0 aromatic heterocycles. The molecule has 0 fully saturated rings. The van der Waals surface area contributed by atoms with Crippen molar-refractivity contribution in [3.8, 4) is 11.5 Å². The summed E-state index contributed by atoms with van der Waals surface area (Å²) >= 11 is 0. The number of rotatable bonds is 2. The van der Waals surface area contributed by atoms with Crippen LogP contribution in [0.4, 0.5) is 23.7 Å². The maximum absolute atomic E-state index is 12.0. The summed E-state index contributed by atoms with van der Waals surface area (Å²) in [6.45, 7) is 5.24. The van der Waals surface area contributed by atoms with Gasteiger partial charge in [-0.2, -0.15) is 0 Å². The van der Waals surface area contributed by atoms with Gasteiger partial charge in [-0.25, -0.2) is 4.79 Å². The Bertz CT molecular complexity index is 496. The molecule has 0 unspecified atom stereocenters. The van der Waals surface area contributed by atoms with E-state index in [1.807, 2.05) is 0 Å². The fraction of sp³-hybridized carbons (Fsp3) is 0.417. The summed E-state index contributed by atoms with van der Waals surface area (Å²) in [5.41, 5.74) is 4.85. The number of benzene rings is 1. The van der Waals surface area contributed by atoms with Crippen molar-refractivity contribution in [1.82, 2.24) is 5.32 Å². The molecular weight excluding hydrogens is 277 g/mol. The fourth-order valence-corrected chi connectivity index (χ4v) is 1.25. The van der Waals surface area contributed by atoms with E-state index in [2.05, 4.69) is 10.1 Å². The molecule has 0 aliphatic heterocycles. The highest BCUT2D eigenvalue weighted by Crippen LogP contribution is 2.30. The maximum Gasteiger partial charge on any atom is 0.573 e. The molecule has 1 amide bonds. The predicted molar refractivity (Wildman–Crippen MR) is 66.5 cm³/mol. The second-order valence-corrected chi connectivity index (χ2v) is 5.01. The number of anilines is 1. The molecule has 0 bridgehead atoms. The zero-order valence-corrected chi connectivity index (χ0v) is 11.2. The van der Waals surface area contributed by atoms with Crippen molar-refractivity contribution < 1.29 is 27.4 Å². The van der Waals surface area contributed by atoms with Gasteiger partial charge in [0.1, 0.15) is 5.75 Å². The lowest BCUT2D eigenvalue weighted by atomic mass is 10.1. The van der Waals surface area contributed by atoms with Crippen LogP contribution in [0.15, 0.2) is 18.2 Å². The number of alkyl halides is 3. The highest BCUT2D eigenvalue weighted by Gasteiger charge is 2.31. The molecule has 0 aliphatic rings. The van der Waals surface area contributed by atoms with Crippen LogP contribution in [0.25, 0.3) is 0 Å². The van der Waals surface area contributed by atoms with E-state index in [0.717, 1.165) is 18.2 Å². The number of carbonyl (C=O) groups excluding carboxylic acids is 1. The molecule has 0 heterocycles. The normalized spacial score (nSPS) is 11.9. The van der Waals surface area contributed by atoms with E-state index in [1.54, 1.807) is 20.8 Å². The molecule has 0 radical (unpaired) electrons. The van der Waals surface area contributed by atoms with Gasteiger partial charge in [-0.3, -0.25) is 0 Å². The van der Waals surface area contributed by atoms with Gasteiger partial charge in [0.05, 0.1) is 5.69 Å². The SMILES string of the molecule is CC(C)(C)NC(=O)Oc1ccc(OC(F)(F)F)cc1N. The second-order valence-electron chi connectivity index (χ2n) is 5.01. The number of hydrogen-bond donors (Lipinski definition) is 2. The van der Waals surface area contributed by atoms with Crippen LogP contribution < -0.4 is 20.5 Å². The van der Waals surface area contributed by atoms with Crippen LogP contribution >= 0.6 is 0 Å². The van der Waals surface area contributed by atoms with Crippen molar-refractivity contribution in [2.45, 2.75) is 32.7 Å². The predicted octanol–water partition coefficient (Wildman–Crippen LogP) is 3.05. The Morgan fingerprint density at radius 3 is 2.30 bits per heavy atom. The average molecular weight is 292 g/mol. The third kappa shape index (κ3) is 5.68. The Morgan fingerprint density at radius 2 is 1.85 bits per heavy atom. The molecule has 112 valence electrons. The van der Waals surface area contributed by atoms with E-state index in [9.17, 15) is 18.0 Å². The first-order valence-corrected chi connectivity index (χ1v) is 5.61. The molecule has 0 atom stereocenters. The highest BCUT2D eigenvalue weighted by molar-refractivity contribution is 5.73. The van der Waals surface area contributed by atoms with Crippen LogP contribution in [-0.2, 0) is 0 Å². The minimum absolute atomic E-state index is 0.0544. The van der Waals surface area contributed by atoms with Crippen molar-refractivity contribution in [3.05, 3.63) is 18.2 Å². The lowest BCUT2D eigenvalue weighted by molar-refractivity contribution is -0.274. The number of hydrogen-bond acceptors (Lipinski definition) is 4. The Hall–Kier alpha value is -2.12. The third-order valence-electron chi connectivity index (χ3n) is 1.89. The Morgan fingerprint density at radius 1 is 1.25 bits per heavy atom. The summed E-state index contributed by atoms with van der Waals surface area (Å²) in [6, 6.07) is 3.05. The average Bonchev–Trinajstić information content (AvgIpc) is 2.17. The standard InChI is InChI=1S/C12H15F3N2O3/c1-11(2,3)17-10(18)19-9-5-4-7(6-8(9)16)20-12(13,14)15/h4-6H,16H2,1-3H3,(H,17,18). The molecule has 1 aromatic rings. The monoisotopic (exact) mass is 292 g/mol. The van der Waals surface area contributed by atoms with E-state index in [4.69, 9.17) is 10.5 Å².